The Morgan fingerprint density at radius 3 is 0.619 bits per heavy atom. The van der Waals surface area contributed by atoms with Gasteiger partial charge in [0.25, 0.3) is 0 Å². The molecule has 0 aliphatic rings. The molecule has 0 unspecified atom stereocenters. The summed E-state index contributed by atoms with van der Waals surface area (Å²) in [7, 11) is 0. The van der Waals surface area contributed by atoms with E-state index in [1.165, 1.54) is 0 Å². The molecule has 0 heterocycles. The maximum Gasteiger partial charge on any atom is 2.00 e. The largest absolute Gasteiger partial charge is 2.00 e. The van der Waals surface area contributed by atoms with Gasteiger partial charge in [-0.05, 0) is 0 Å². The number of carbonyl (C=O) groups excluding carboxylic acids is 4. The first-order valence-corrected chi connectivity index (χ1v) is 4.46. The van der Waals surface area contributed by atoms with Gasteiger partial charge in [0.15, 0.2) is 0 Å². The van der Waals surface area contributed by atoms with E-state index in [9.17, 15) is 0 Å². The van der Waals surface area contributed by atoms with Crippen LogP contribution >= 0.6 is 0 Å². The molecule has 128 valence electrons. The Labute approximate surface area is 137 Å². The third kappa shape index (κ3) is 121. The number of hydrogen-bond donors (Lipinski definition) is 0. The van der Waals surface area contributed by atoms with Crippen molar-refractivity contribution in [1.82, 2.24) is 0 Å². The van der Waals surface area contributed by atoms with E-state index in [1.807, 2.05) is 0 Å². The molecule has 0 aliphatic carbocycles. The first-order chi connectivity index (χ1) is 9.08. The normalized spacial score (nSPS) is 7.05. The van der Waals surface area contributed by atoms with Crippen LogP contribution in [-0.2, 0) is 40.2 Å². The number of nitrogens with one attached hydrogen (secondary N) is 4. The van der Waals surface area contributed by atoms with E-state index in [1.54, 1.807) is 0 Å². The monoisotopic (exact) mass is 489 g/mol. The summed E-state index contributed by atoms with van der Waals surface area (Å²) in [5.41, 5.74) is 24.0. The van der Waals surface area contributed by atoms with Gasteiger partial charge in [-0.3, -0.25) is 0 Å². The van der Waals surface area contributed by atoms with E-state index < -0.39 is 50.1 Å². The van der Waals surface area contributed by atoms with E-state index in [0.29, 0.717) is 0 Å². The van der Waals surface area contributed by atoms with Crippen LogP contribution in [0.1, 0.15) is 2.85 Å². The van der Waals surface area contributed by atoms with Crippen LogP contribution in [0.25, 0.3) is 22.9 Å². The molecule has 0 saturated heterocycles. The zero-order valence-corrected chi connectivity index (χ0v) is 12.7. The molecule has 0 aliphatic heterocycles. The predicted octanol–water partition coefficient (Wildman–Crippen LogP) is -4.62. The third-order valence-corrected chi connectivity index (χ3v) is 0.577. The number of aliphatic carboxylic acids is 4. The molecule has 0 radical (unpaired) electrons. The first kappa shape index (κ1) is 31.7. The molecule has 12 nitrogen and oxygen atoms in total. The van der Waals surface area contributed by atoms with Gasteiger partial charge in [-0.25, -0.2) is 0 Å². The smallest absolute Gasteiger partial charge is 0.673 e. The van der Waals surface area contributed by atoms with Crippen molar-refractivity contribution in [3.8, 4) is 0 Å². The van der Waals surface area contributed by atoms with Gasteiger partial charge in [0.2, 0.25) is 0 Å². The maximum atomic E-state index is 9.07. The molecule has 21 heavy (non-hydrogen) atoms. The zero-order chi connectivity index (χ0) is 17.1. The van der Waals surface area contributed by atoms with E-state index in [0.717, 1.165) is 0 Å². The number of carboxylic acid groups (broad SMARTS) is 4. The summed E-state index contributed by atoms with van der Waals surface area (Å²) >= 11 is 0. The van der Waals surface area contributed by atoms with Crippen molar-refractivity contribution in [2.45, 2.75) is 0 Å². The summed E-state index contributed by atoms with van der Waals surface area (Å²) in [6.07, 6.45) is 0. The summed E-state index contributed by atoms with van der Waals surface area (Å²) in [6.45, 7) is -2.56. The molecule has 0 spiro atoms. The van der Waals surface area contributed by atoms with Crippen LogP contribution in [0, 0.1) is 0 Å². The Morgan fingerprint density at radius 2 is 0.619 bits per heavy atom. The summed E-state index contributed by atoms with van der Waals surface area (Å²) < 4.78 is 0. The van der Waals surface area contributed by atoms with Crippen LogP contribution in [0.4, 0.5) is 0 Å². The van der Waals surface area contributed by atoms with Crippen molar-refractivity contribution in [3.63, 3.8) is 0 Å². The van der Waals surface area contributed by atoms with Crippen molar-refractivity contribution < 1.29 is 63.5 Å². The summed E-state index contributed by atoms with van der Waals surface area (Å²) in [6, 6.07) is 0. The molecule has 0 aromatic rings. The fraction of sp³-hybridized carbons (Fsp3) is 0.500. The van der Waals surface area contributed by atoms with Gasteiger partial charge >= 0.3 is 23.9 Å². The SMILES string of the molecule is [H+].[H+].[NH-]CC(=O)[O-].[NH-]CC(=O)[O-].[NH-]CC(=O)[O-].[NH-]CC(=O)[O-].[Pt+2]. The molecule has 13 heteroatoms. The van der Waals surface area contributed by atoms with Crippen LogP contribution in [0.15, 0.2) is 0 Å². The van der Waals surface area contributed by atoms with Crippen molar-refractivity contribution in [2.24, 2.45) is 0 Å². The fourth-order valence-electron chi connectivity index (χ4n) is 0. The second-order valence-corrected chi connectivity index (χ2v) is 2.20. The molecule has 0 amide bonds. The van der Waals surface area contributed by atoms with Crippen LogP contribution in [-0.4, -0.2) is 50.1 Å². The van der Waals surface area contributed by atoms with Gasteiger partial charge in [0, 0.05) is 23.9 Å². The van der Waals surface area contributed by atoms with E-state index in [2.05, 4.69) is 0 Å². The van der Waals surface area contributed by atoms with Crippen molar-refractivity contribution in [2.75, 3.05) is 26.2 Å². The average Bonchev–Trinajstić information content (AvgIpc) is 2.40. The van der Waals surface area contributed by atoms with Gasteiger partial charge in [0.05, 0.1) is 0 Å². The third-order valence-electron chi connectivity index (χ3n) is 0.577. The minimum absolute atomic E-state index is 0. The average molecular weight is 489 g/mol. The predicted molar refractivity (Wildman–Crippen MR) is 59.0 cm³/mol. The van der Waals surface area contributed by atoms with Crippen molar-refractivity contribution in [1.29, 1.82) is 0 Å². The van der Waals surface area contributed by atoms with Crippen LogP contribution in [0.3, 0.4) is 0 Å². The molecule has 4 N–H and O–H groups in total. The summed E-state index contributed by atoms with van der Waals surface area (Å²) in [4.78, 5) is 36.3. The Morgan fingerprint density at radius 1 is 0.571 bits per heavy atom. The number of carboxylic acids is 4. The molecule has 0 aromatic heterocycles. The van der Waals surface area contributed by atoms with Gasteiger partial charge < -0.3 is 62.5 Å². The summed E-state index contributed by atoms with van der Waals surface area (Å²) in [5, 5.41) is 36.3. The van der Waals surface area contributed by atoms with E-state index in [4.69, 9.17) is 62.5 Å². The molecule has 0 saturated carbocycles. The Balaban J connectivity index is -0.0000000284. The second-order valence-electron chi connectivity index (χ2n) is 2.20. The minimum atomic E-state index is -1.33. The van der Waals surface area contributed by atoms with Gasteiger partial charge in [-0.15, -0.1) is 26.2 Å². The maximum absolute atomic E-state index is 9.07. The topological polar surface area (TPSA) is 256 Å². The molecule has 0 atom stereocenters. The van der Waals surface area contributed by atoms with Crippen molar-refractivity contribution in [3.05, 3.63) is 22.9 Å². The van der Waals surface area contributed by atoms with Crippen LogP contribution < -0.4 is 20.4 Å². The first-order valence-electron chi connectivity index (χ1n) is 4.46. The Hall–Kier alpha value is -1.59. The molecular weight excluding hydrogens is 475 g/mol. The van der Waals surface area contributed by atoms with Crippen molar-refractivity contribution >= 4 is 23.9 Å². The number of rotatable bonds is 4. The number of carbonyl (C=O) groups is 4. The van der Waals surface area contributed by atoms with Gasteiger partial charge in [0.1, 0.15) is 0 Å². The number of hydrogen-bond acceptors (Lipinski definition) is 8. The second kappa shape index (κ2) is 26.9. The molecule has 0 fully saturated rings. The standard InChI is InChI=1S/4C2H4NO2.Pt/c4*3-1-2(4)5;/h4*3H,1H2,(H,4,5);/q4*-1;+2/p-2. The molecular formula is C8H14N4O8Pt-4. The zero-order valence-electron chi connectivity index (χ0n) is 12.4. The van der Waals surface area contributed by atoms with Gasteiger partial charge in [-0.1, -0.05) is 0 Å². The molecule has 0 rings (SSSR count). The fourth-order valence-corrected chi connectivity index (χ4v) is 0. The van der Waals surface area contributed by atoms with E-state index in [-0.39, 0.29) is 23.9 Å². The summed E-state index contributed by atoms with van der Waals surface area (Å²) in [5.74, 6) is -5.31. The molecule has 0 bridgehead atoms. The van der Waals surface area contributed by atoms with E-state index >= 15 is 0 Å². The Bertz CT molecular complexity index is 243. The minimum Gasteiger partial charge on any atom is -0.673 e. The van der Waals surface area contributed by atoms with Gasteiger partial charge in [-0.2, -0.15) is 0 Å². The molecule has 0 aromatic carbocycles. The van der Waals surface area contributed by atoms with Crippen LogP contribution in [0.2, 0.25) is 0 Å². The quantitative estimate of drug-likeness (QED) is 0.370. The Kier molecular flexibility index (Phi) is 40.5. The van der Waals surface area contributed by atoms with Crippen LogP contribution in [0.5, 0.6) is 0 Å².